The number of rotatable bonds is 5. The average Bonchev–Trinajstić information content (AvgIpc) is 3.04. The van der Waals surface area contributed by atoms with Crippen molar-refractivity contribution >= 4 is 12.0 Å². The quantitative estimate of drug-likeness (QED) is 0.907. The number of carbonyl (C=O) groups is 1. The lowest BCUT2D eigenvalue weighted by Crippen LogP contribution is -2.51. The molecule has 6 heteroatoms. The van der Waals surface area contributed by atoms with E-state index in [2.05, 4.69) is 9.88 Å². The van der Waals surface area contributed by atoms with Crippen molar-refractivity contribution in [2.75, 3.05) is 19.6 Å². The van der Waals surface area contributed by atoms with Gasteiger partial charge in [0.2, 0.25) is 0 Å². The molecule has 5 nitrogen and oxygen atoms in total. The highest BCUT2D eigenvalue weighted by molar-refractivity contribution is 5.77. The molecule has 1 aromatic heterocycles. The summed E-state index contributed by atoms with van der Waals surface area (Å²) in [6.07, 6.45) is 8.49. The number of likely N-dealkylation sites (tertiary alicyclic amines) is 1. The maximum absolute atomic E-state index is 12.9. The molecule has 0 spiro atoms. The van der Waals surface area contributed by atoms with Gasteiger partial charge in [0.15, 0.2) is 0 Å². The van der Waals surface area contributed by atoms with E-state index in [4.69, 9.17) is 0 Å². The summed E-state index contributed by atoms with van der Waals surface area (Å²) in [5.74, 6) is -0.310. The highest BCUT2D eigenvalue weighted by Gasteiger charge is 2.43. The summed E-state index contributed by atoms with van der Waals surface area (Å²) in [5, 5.41) is 9.81. The predicted octanol–water partition coefficient (Wildman–Crippen LogP) is 2.92. The minimum atomic E-state index is -0.905. The van der Waals surface area contributed by atoms with Crippen LogP contribution in [0.1, 0.15) is 24.2 Å². The van der Waals surface area contributed by atoms with Crippen molar-refractivity contribution in [2.24, 2.45) is 0 Å². The molecule has 1 aliphatic rings. The van der Waals surface area contributed by atoms with E-state index in [1.54, 1.807) is 29.1 Å². The lowest BCUT2D eigenvalue weighted by atomic mass is 9.87. The Morgan fingerprint density at radius 1 is 1.32 bits per heavy atom. The smallest absolute Gasteiger partial charge is 0.330 e. The molecular weight excluding hydrogens is 321 g/mol. The standard InChI is InChI=1S/C19H22FN3O2/c1-15-21-10-14-23(15)19(18(24)25)8-12-22(13-9-19)11-2-3-16-4-6-17(20)7-5-16/h2-7,10,14H,8-9,11-13H2,1H3,(H,24,25)/b3-2+. The number of hydrogen-bond donors (Lipinski definition) is 1. The van der Waals surface area contributed by atoms with E-state index in [0.29, 0.717) is 25.9 Å². The Morgan fingerprint density at radius 2 is 2.00 bits per heavy atom. The van der Waals surface area contributed by atoms with Crippen LogP contribution < -0.4 is 0 Å². The Morgan fingerprint density at radius 3 is 2.56 bits per heavy atom. The molecule has 0 amide bonds. The molecular formula is C19H22FN3O2. The fraction of sp³-hybridized carbons (Fsp3) is 0.368. The van der Waals surface area contributed by atoms with Gasteiger partial charge < -0.3 is 9.67 Å². The van der Waals surface area contributed by atoms with Gasteiger partial charge in [-0.05, 0) is 37.5 Å². The predicted molar refractivity (Wildman–Crippen MR) is 93.7 cm³/mol. The zero-order chi connectivity index (χ0) is 17.9. The van der Waals surface area contributed by atoms with Crippen LogP contribution in [0.15, 0.2) is 42.7 Å². The number of carboxylic acid groups (broad SMARTS) is 1. The maximum atomic E-state index is 12.9. The van der Waals surface area contributed by atoms with Crippen LogP contribution in [0.4, 0.5) is 4.39 Å². The molecule has 0 saturated carbocycles. The van der Waals surface area contributed by atoms with Crippen molar-refractivity contribution in [3.63, 3.8) is 0 Å². The van der Waals surface area contributed by atoms with Crippen LogP contribution in [0.2, 0.25) is 0 Å². The van der Waals surface area contributed by atoms with Gasteiger partial charge in [-0.15, -0.1) is 0 Å². The van der Waals surface area contributed by atoms with E-state index in [9.17, 15) is 14.3 Å². The summed E-state index contributed by atoms with van der Waals surface area (Å²) < 4.78 is 14.7. The lowest BCUT2D eigenvalue weighted by Gasteiger charge is -2.39. The summed E-state index contributed by atoms with van der Waals surface area (Å²) >= 11 is 0. The first-order valence-corrected chi connectivity index (χ1v) is 8.39. The fourth-order valence-electron chi connectivity index (χ4n) is 3.41. The first-order chi connectivity index (χ1) is 12.0. The number of aromatic nitrogens is 2. The van der Waals surface area contributed by atoms with E-state index in [-0.39, 0.29) is 5.82 Å². The SMILES string of the molecule is Cc1nccn1C1(C(=O)O)CCN(C/C=C/c2ccc(F)cc2)CC1. The van der Waals surface area contributed by atoms with Crippen LogP contribution in [-0.2, 0) is 10.3 Å². The molecule has 1 aliphatic heterocycles. The zero-order valence-corrected chi connectivity index (χ0v) is 14.2. The van der Waals surface area contributed by atoms with Gasteiger partial charge in [-0.1, -0.05) is 24.3 Å². The summed E-state index contributed by atoms with van der Waals surface area (Å²) in [5.41, 5.74) is 0.0462. The number of aryl methyl sites for hydroxylation is 1. The summed E-state index contributed by atoms with van der Waals surface area (Å²) in [6, 6.07) is 6.35. The Labute approximate surface area is 146 Å². The van der Waals surface area contributed by atoms with Gasteiger partial charge >= 0.3 is 5.97 Å². The molecule has 1 aromatic carbocycles. The van der Waals surface area contributed by atoms with E-state index < -0.39 is 11.5 Å². The lowest BCUT2D eigenvalue weighted by molar-refractivity contribution is -0.150. The number of benzene rings is 1. The number of piperidine rings is 1. The fourth-order valence-corrected chi connectivity index (χ4v) is 3.41. The zero-order valence-electron chi connectivity index (χ0n) is 14.2. The van der Waals surface area contributed by atoms with Gasteiger partial charge in [-0.3, -0.25) is 4.90 Å². The van der Waals surface area contributed by atoms with Gasteiger partial charge in [-0.2, -0.15) is 0 Å². The van der Waals surface area contributed by atoms with Crippen LogP contribution >= 0.6 is 0 Å². The molecule has 2 heterocycles. The molecule has 1 N–H and O–H groups in total. The van der Waals surface area contributed by atoms with Crippen molar-refractivity contribution in [3.05, 3.63) is 59.9 Å². The van der Waals surface area contributed by atoms with Gasteiger partial charge in [0.25, 0.3) is 0 Å². The number of aliphatic carboxylic acids is 1. The molecule has 0 radical (unpaired) electrons. The average molecular weight is 343 g/mol. The van der Waals surface area contributed by atoms with Crippen LogP contribution in [0.25, 0.3) is 6.08 Å². The molecule has 0 bridgehead atoms. The minimum Gasteiger partial charge on any atom is -0.479 e. The second-order valence-corrected chi connectivity index (χ2v) is 6.44. The first kappa shape index (κ1) is 17.4. The monoisotopic (exact) mass is 343 g/mol. The van der Waals surface area contributed by atoms with Crippen molar-refractivity contribution in [1.29, 1.82) is 0 Å². The van der Waals surface area contributed by atoms with Crippen LogP contribution in [-0.4, -0.2) is 45.2 Å². The Balaban J connectivity index is 1.61. The number of nitrogens with zero attached hydrogens (tertiary/aromatic N) is 3. The van der Waals surface area contributed by atoms with Crippen LogP contribution in [0.5, 0.6) is 0 Å². The van der Waals surface area contributed by atoms with E-state index in [0.717, 1.165) is 17.9 Å². The molecule has 3 rings (SSSR count). The van der Waals surface area contributed by atoms with Crippen LogP contribution in [0.3, 0.4) is 0 Å². The number of imidazole rings is 1. The van der Waals surface area contributed by atoms with Crippen molar-refractivity contribution in [1.82, 2.24) is 14.5 Å². The molecule has 1 saturated heterocycles. The van der Waals surface area contributed by atoms with Gasteiger partial charge in [0, 0.05) is 32.0 Å². The van der Waals surface area contributed by atoms with Crippen molar-refractivity contribution < 1.29 is 14.3 Å². The normalized spacial score (nSPS) is 17.8. The van der Waals surface area contributed by atoms with Crippen LogP contribution in [0, 0.1) is 12.7 Å². The van der Waals surface area contributed by atoms with Gasteiger partial charge in [0.05, 0.1) is 0 Å². The van der Waals surface area contributed by atoms with Crippen molar-refractivity contribution in [2.45, 2.75) is 25.3 Å². The van der Waals surface area contributed by atoms with E-state index in [1.165, 1.54) is 12.1 Å². The highest BCUT2D eigenvalue weighted by Crippen LogP contribution is 2.31. The van der Waals surface area contributed by atoms with Gasteiger partial charge in [-0.25, -0.2) is 14.2 Å². The number of halogens is 1. The number of carboxylic acids is 1. The molecule has 0 atom stereocenters. The third kappa shape index (κ3) is 3.64. The molecule has 132 valence electrons. The van der Waals surface area contributed by atoms with Gasteiger partial charge in [0.1, 0.15) is 17.2 Å². The summed E-state index contributed by atoms with van der Waals surface area (Å²) in [7, 11) is 0. The minimum absolute atomic E-state index is 0.243. The molecule has 2 aromatic rings. The summed E-state index contributed by atoms with van der Waals surface area (Å²) in [4.78, 5) is 18.4. The Hall–Kier alpha value is -2.47. The Bertz CT molecular complexity index is 759. The van der Waals surface area contributed by atoms with E-state index in [1.807, 2.05) is 19.1 Å². The molecule has 0 aliphatic carbocycles. The summed E-state index contributed by atoms with van der Waals surface area (Å²) in [6.45, 7) is 3.99. The molecule has 25 heavy (non-hydrogen) atoms. The topological polar surface area (TPSA) is 58.4 Å². The molecule has 1 fully saturated rings. The van der Waals surface area contributed by atoms with E-state index >= 15 is 0 Å². The third-order valence-electron chi connectivity index (χ3n) is 4.91. The third-order valence-corrected chi connectivity index (χ3v) is 4.91. The second-order valence-electron chi connectivity index (χ2n) is 6.44. The highest BCUT2D eigenvalue weighted by atomic mass is 19.1. The second kappa shape index (κ2) is 7.19. The number of hydrogen-bond acceptors (Lipinski definition) is 3. The largest absolute Gasteiger partial charge is 0.479 e. The van der Waals surface area contributed by atoms with Crippen molar-refractivity contribution in [3.8, 4) is 0 Å². The first-order valence-electron chi connectivity index (χ1n) is 8.39. The maximum Gasteiger partial charge on any atom is 0.330 e. The molecule has 0 unspecified atom stereocenters. The Kier molecular flexibility index (Phi) is 4.99.